The lowest BCUT2D eigenvalue weighted by Crippen LogP contribution is -2.30. The van der Waals surface area contributed by atoms with Gasteiger partial charge in [-0.3, -0.25) is 14.4 Å². The van der Waals surface area contributed by atoms with Crippen molar-refractivity contribution in [2.75, 3.05) is 13.2 Å². The standard InChI is InChI=1S/C75H134O6/c1-4-7-10-13-16-19-22-25-27-29-30-31-32-33-34-35-36-37-38-39-40-41-42-43-44-46-47-50-53-56-59-62-65-68-74(77)80-71-72(70-79-73(76)67-64-61-58-55-52-49-24-21-18-15-12-9-6-3)81-75(78)69-66-63-60-57-54-51-48-45-28-26-23-20-17-14-11-8-5-2/h9,12,17-18,20-21,26,28,49,52,58,61,72H,4-8,10-11,13-16,19,22-25,27,29-48,50-51,53-57,59-60,62-71H2,1-3H3/b12-9-,20-17-,21-18-,28-26-,52-49-,61-58-. The highest BCUT2D eigenvalue weighted by Gasteiger charge is 2.19. The van der Waals surface area contributed by atoms with Gasteiger partial charge in [0.05, 0.1) is 0 Å². The van der Waals surface area contributed by atoms with Crippen LogP contribution in [0.25, 0.3) is 0 Å². The minimum absolute atomic E-state index is 0.0979. The lowest BCUT2D eigenvalue weighted by Gasteiger charge is -2.18. The van der Waals surface area contributed by atoms with E-state index in [1.165, 1.54) is 244 Å². The molecule has 0 bridgehead atoms. The van der Waals surface area contributed by atoms with Gasteiger partial charge < -0.3 is 14.2 Å². The predicted molar refractivity (Wildman–Crippen MR) is 353 cm³/mol. The molecule has 1 unspecified atom stereocenters. The average molecular weight is 1130 g/mol. The first kappa shape index (κ1) is 77.9. The largest absolute Gasteiger partial charge is 0.462 e. The average Bonchev–Trinajstić information content (AvgIpc) is 3.46. The van der Waals surface area contributed by atoms with Crippen molar-refractivity contribution < 1.29 is 28.6 Å². The zero-order chi connectivity index (χ0) is 58.5. The van der Waals surface area contributed by atoms with Crippen molar-refractivity contribution in [3.05, 3.63) is 72.9 Å². The summed E-state index contributed by atoms with van der Waals surface area (Å²) in [6.07, 6.45) is 91.2. The third-order valence-electron chi connectivity index (χ3n) is 15.7. The topological polar surface area (TPSA) is 78.9 Å². The van der Waals surface area contributed by atoms with E-state index in [0.29, 0.717) is 19.3 Å². The van der Waals surface area contributed by atoms with Crippen LogP contribution in [0, 0.1) is 0 Å². The van der Waals surface area contributed by atoms with Crippen molar-refractivity contribution in [3.8, 4) is 0 Å². The van der Waals surface area contributed by atoms with E-state index in [1.807, 2.05) is 6.08 Å². The van der Waals surface area contributed by atoms with Crippen molar-refractivity contribution in [2.45, 2.75) is 374 Å². The smallest absolute Gasteiger partial charge is 0.306 e. The Morgan fingerprint density at radius 1 is 0.259 bits per heavy atom. The molecule has 0 rings (SSSR count). The first-order chi connectivity index (χ1) is 40.0. The fourth-order valence-corrected chi connectivity index (χ4v) is 10.4. The maximum absolute atomic E-state index is 12.9. The fraction of sp³-hybridized carbons (Fsp3) is 0.800. The van der Waals surface area contributed by atoms with E-state index in [9.17, 15) is 14.4 Å². The number of hydrogen-bond donors (Lipinski definition) is 0. The van der Waals surface area contributed by atoms with Crippen LogP contribution < -0.4 is 0 Å². The van der Waals surface area contributed by atoms with Gasteiger partial charge >= 0.3 is 17.9 Å². The molecule has 0 saturated heterocycles. The van der Waals surface area contributed by atoms with E-state index in [4.69, 9.17) is 14.2 Å². The summed E-state index contributed by atoms with van der Waals surface area (Å²) in [4.78, 5) is 38.3. The Kier molecular flexibility index (Phi) is 66.6. The van der Waals surface area contributed by atoms with Gasteiger partial charge in [-0.1, -0.05) is 344 Å². The van der Waals surface area contributed by atoms with Gasteiger partial charge in [0.25, 0.3) is 0 Å². The van der Waals surface area contributed by atoms with Crippen molar-refractivity contribution in [2.24, 2.45) is 0 Å². The highest BCUT2D eigenvalue weighted by atomic mass is 16.6. The van der Waals surface area contributed by atoms with Crippen molar-refractivity contribution >= 4 is 17.9 Å². The van der Waals surface area contributed by atoms with Gasteiger partial charge in [0.1, 0.15) is 13.2 Å². The molecule has 0 aromatic heterocycles. The van der Waals surface area contributed by atoms with E-state index >= 15 is 0 Å². The molecule has 1 atom stereocenters. The quantitative estimate of drug-likeness (QED) is 0.0261. The van der Waals surface area contributed by atoms with Crippen LogP contribution in [-0.4, -0.2) is 37.2 Å². The van der Waals surface area contributed by atoms with Gasteiger partial charge in [-0.2, -0.15) is 0 Å². The first-order valence-electron chi connectivity index (χ1n) is 35.4. The van der Waals surface area contributed by atoms with Crippen LogP contribution in [0.15, 0.2) is 72.9 Å². The molecule has 0 fully saturated rings. The molecule has 0 radical (unpaired) electrons. The molecular weight excluding hydrogens is 997 g/mol. The summed E-state index contributed by atoms with van der Waals surface area (Å²) in [5.41, 5.74) is 0. The lowest BCUT2D eigenvalue weighted by atomic mass is 10.0. The van der Waals surface area contributed by atoms with E-state index < -0.39 is 6.10 Å². The highest BCUT2D eigenvalue weighted by Crippen LogP contribution is 2.18. The van der Waals surface area contributed by atoms with Crippen molar-refractivity contribution in [1.82, 2.24) is 0 Å². The monoisotopic (exact) mass is 1130 g/mol. The second-order valence-electron chi connectivity index (χ2n) is 23.8. The molecule has 0 aliphatic rings. The molecule has 0 aliphatic carbocycles. The minimum Gasteiger partial charge on any atom is -0.462 e. The van der Waals surface area contributed by atoms with Crippen LogP contribution in [-0.2, 0) is 28.6 Å². The molecule has 0 aliphatic heterocycles. The first-order valence-corrected chi connectivity index (χ1v) is 35.4. The maximum atomic E-state index is 12.9. The molecule has 0 aromatic carbocycles. The van der Waals surface area contributed by atoms with Crippen LogP contribution in [0.4, 0.5) is 0 Å². The van der Waals surface area contributed by atoms with Crippen molar-refractivity contribution in [3.63, 3.8) is 0 Å². The Labute approximate surface area is 503 Å². The van der Waals surface area contributed by atoms with Crippen LogP contribution in [0.2, 0.25) is 0 Å². The van der Waals surface area contributed by atoms with Crippen molar-refractivity contribution in [1.29, 1.82) is 0 Å². The molecular formula is C75H134O6. The number of hydrogen-bond acceptors (Lipinski definition) is 6. The predicted octanol–water partition coefficient (Wildman–Crippen LogP) is 24.4. The SMILES string of the molecule is CC/C=C\C/C=C\C/C=C\C/C=C\CCC(=O)OCC(COC(=O)CCCCCCCCCCCCCCCCCCCCCCCCCCCCCCCCCCC)OC(=O)CCCCCCCCC/C=C\C/C=C\CCCCC. The second-order valence-corrected chi connectivity index (χ2v) is 23.8. The van der Waals surface area contributed by atoms with Crippen LogP contribution >= 0.6 is 0 Å². The molecule has 0 heterocycles. The summed E-state index contributed by atoms with van der Waals surface area (Å²) in [6.45, 7) is 6.48. The van der Waals surface area contributed by atoms with Gasteiger partial charge in [0.15, 0.2) is 6.10 Å². The molecule has 0 saturated carbocycles. The molecule has 81 heavy (non-hydrogen) atoms. The Balaban J connectivity index is 4.14. The Morgan fingerprint density at radius 2 is 0.506 bits per heavy atom. The zero-order valence-electron chi connectivity index (χ0n) is 54.1. The fourth-order valence-electron chi connectivity index (χ4n) is 10.4. The number of carbonyl (C=O) groups is 3. The van der Waals surface area contributed by atoms with Crippen LogP contribution in [0.5, 0.6) is 0 Å². The van der Waals surface area contributed by atoms with Crippen LogP contribution in [0.3, 0.4) is 0 Å². The highest BCUT2D eigenvalue weighted by molar-refractivity contribution is 5.71. The Morgan fingerprint density at radius 3 is 0.852 bits per heavy atom. The minimum atomic E-state index is -0.809. The summed E-state index contributed by atoms with van der Waals surface area (Å²) in [6, 6.07) is 0. The van der Waals surface area contributed by atoms with E-state index in [1.54, 1.807) is 0 Å². The normalized spacial score (nSPS) is 12.5. The molecule has 6 heteroatoms. The number of allylic oxidation sites excluding steroid dienone is 12. The lowest BCUT2D eigenvalue weighted by molar-refractivity contribution is -0.166. The van der Waals surface area contributed by atoms with E-state index in [2.05, 4.69) is 87.6 Å². The molecule has 0 spiro atoms. The number of carbonyl (C=O) groups excluding carboxylic acids is 3. The summed E-state index contributed by atoms with van der Waals surface area (Å²) in [5, 5.41) is 0. The van der Waals surface area contributed by atoms with Crippen LogP contribution in [0.1, 0.15) is 367 Å². The summed E-state index contributed by atoms with van der Waals surface area (Å²) in [5.74, 6) is -0.975. The molecule has 0 amide bonds. The molecule has 470 valence electrons. The summed E-state index contributed by atoms with van der Waals surface area (Å²) < 4.78 is 16.9. The van der Waals surface area contributed by atoms with Gasteiger partial charge in [0, 0.05) is 19.3 Å². The maximum Gasteiger partial charge on any atom is 0.306 e. The number of rotatable bonds is 65. The summed E-state index contributed by atoms with van der Waals surface area (Å²) >= 11 is 0. The number of ether oxygens (including phenoxy) is 3. The van der Waals surface area contributed by atoms with Gasteiger partial charge in [0.2, 0.25) is 0 Å². The molecule has 0 aromatic rings. The Hall–Kier alpha value is -3.15. The molecule has 6 nitrogen and oxygen atoms in total. The molecule has 0 N–H and O–H groups in total. The van der Waals surface area contributed by atoms with Gasteiger partial charge in [-0.25, -0.2) is 0 Å². The van der Waals surface area contributed by atoms with E-state index in [0.717, 1.165) is 77.0 Å². The third kappa shape index (κ3) is 67.5. The van der Waals surface area contributed by atoms with Gasteiger partial charge in [-0.05, 0) is 77.0 Å². The Bertz CT molecular complexity index is 1490. The van der Waals surface area contributed by atoms with E-state index in [-0.39, 0.29) is 37.5 Å². The number of esters is 3. The summed E-state index contributed by atoms with van der Waals surface area (Å²) in [7, 11) is 0. The zero-order valence-corrected chi connectivity index (χ0v) is 54.1. The second kappa shape index (κ2) is 69.3. The van der Waals surface area contributed by atoms with Gasteiger partial charge in [-0.15, -0.1) is 0 Å². The number of unbranched alkanes of at least 4 members (excludes halogenated alkanes) is 42. The third-order valence-corrected chi connectivity index (χ3v) is 15.7.